The van der Waals surface area contributed by atoms with Crippen molar-refractivity contribution in [3.05, 3.63) is 90.8 Å². The van der Waals surface area contributed by atoms with Crippen LogP contribution in [0.4, 0.5) is 40.6 Å². The Morgan fingerprint density at radius 3 is 2.20 bits per heavy atom. The molecule has 9 rings (SSSR count). The van der Waals surface area contributed by atoms with Gasteiger partial charge in [0, 0.05) is 42.8 Å². The lowest BCUT2D eigenvalue weighted by Gasteiger charge is -2.26. The van der Waals surface area contributed by atoms with E-state index >= 15 is 0 Å². The standard InChI is InChI=1S/C20H22N8O.C18H20N6O/c29-16-10-8-14(9-11-16)23-17-2-1-3-18-25-20(27-28(17)18)24-15-6-4-13(5-7-15)19-21-12-22-26-19;1-18(2)12-9-8-11(10-13(12)20-16(18)25)19-17-21-14-6-5-7-15(23(3)4)24(14)22-17/h1-7,12,14,16,23,29H,8-11H2,(H,24,27)(H,21,22,26);5-10H,1-4H3,(H,19,22)(H,20,25). The highest BCUT2D eigenvalue weighted by Crippen LogP contribution is 2.39. The van der Waals surface area contributed by atoms with Crippen molar-refractivity contribution in [1.29, 1.82) is 0 Å². The van der Waals surface area contributed by atoms with E-state index in [1.807, 2.05) is 116 Å². The predicted molar refractivity (Wildman–Crippen MR) is 209 cm³/mol. The SMILES string of the molecule is CN(C)c1cccc2nc(Nc3ccc4c(c3)NC(=O)C4(C)C)nn12.OC1CCC(Nc2cccc3nc(Nc4ccc(-c5ncn[nH]5)cc4)nn23)CC1. The fourth-order valence-corrected chi connectivity index (χ4v) is 6.77. The summed E-state index contributed by atoms with van der Waals surface area (Å²) < 4.78 is 3.61. The minimum atomic E-state index is -0.504. The van der Waals surface area contributed by atoms with Crippen molar-refractivity contribution in [1.82, 2.24) is 44.4 Å². The van der Waals surface area contributed by atoms with Crippen LogP contribution < -0.4 is 26.2 Å². The number of hydrogen-bond acceptors (Lipinski definition) is 12. The Morgan fingerprint density at radius 1 is 0.833 bits per heavy atom. The van der Waals surface area contributed by atoms with Crippen molar-refractivity contribution in [2.45, 2.75) is 57.1 Å². The second kappa shape index (κ2) is 14.1. The van der Waals surface area contributed by atoms with Crippen molar-refractivity contribution >= 4 is 57.8 Å². The third-order valence-electron chi connectivity index (χ3n) is 9.80. The number of amides is 1. The van der Waals surface area contributed by atoms with Gasteiger partial charge in [-0.25, -0.2) is 4.98 Å². The molecule has 1 amide bonds. The van der Waals surface area contributed by atoms with E-state index in [2.05, 4.69) is 56.6 Å². The predicted octanol–water partition coefficient (Wildman–Crippen LogP) is 5.74. The number of anilines is 7. The summed E-state index contributed by atoms with van der Waals surface area (Å²) in [7, 11) is 3.93. The van der Waals surface area contributed by atoms with E-state index in [-0.39, 0.29) is 12.0 Å². The molecule has 1 aliphatic carbocycles. The van der Waals surface area contributed by atoms with Gasteiger partial charge in [0.15, 0.2) is 17.1 Å². The molecule has 7 aromatic rings. The van der Waals surface area contributed by atoms with Crippen LogP contribution in [-0.2, 0) is 10.2 Å². The fraction of sp³-hybridized carbons (Fsp3) is 0.289. The molecule has 1 aliphatic heterocycles. The van der Waals surface area contributed by atoms with Crippen molar-refractivity contribution in [2.24, 2.45) is 0 Å². The van der Waals surface area contributed by atoms with Crippen LogP contribution >= 0.6 is 0 Å². The number of carbonyl (C=O) groups excluding carboxylic acids is 1. The number of carbonyl (C=O) groups is 1. The summed E-state index contributed by atoms with van der Waals surface area (Å²) in [6, 6.07) is 25.8. The smallest absolute Gasteiger partial charge is 0.247 e. The van der Waals surface area contributed by atoms with Crippen LogP contribution in [0, 0.1) is 0 Å². The number of aromatic nitrogens is 9. The number of nitrogens with one attached hydrogen (secondary N) is 5. The lowest BCUT2D eigenvalue weighted by atomic mass is 9.86. The molecular weight excluding hydrogens is 685 g/mol. The lowest BCUT2D eigenvalue weighted by molar-refractivity contribution is -0.119. The number of aliphatic hydroxyl groups is 1. The van der Waals surface area contributed by atoms with E-state index in [0.717, 1.165) is 82.6 Å². The summed E-state index contributed by atoms with van der Waals surface area (Å²) in [5.41, 5.74) is 5.55. The molecule has 0 atom stereocenters. The maximum atomic E-state index is 12.1. The monoisotopic (exact) mass is 726 g/mol. The molecule has 0 spiro atoms. The van der Waals surface area contributed by atoms with E-state index in [9.17, 15) is 9.90 Å². The van der Waals surface area contributed by atoms with E-state index < -0.39 is 5.41 Å². The van der Waals surface area contributed by atoms with Crippen LogP contribution in [0.3, 0.4) is 0 Å². The minimum absolute atomic E-state index is 0.0149. The number of aliphatic hydroxyl groups excluding tert-OH is 1. The van der Waals surface area contributed by atoms with Gasteiger partial charge in [-0.1, -0.05) is 18.2 Å². The molecule has 54 heavy (non-hydrogen) atoms. The van der Waals surface area contributed by atoms with Crippen LogP contribution in [0.2, 0.25) is 0 Å². The first-order valence-corrected chi connectivity index (χ1v) is 17.9. The first kappa shape index (κ1) is 34.5. The largest absolute Gasteiger partial charge is 0.393 e. The third kappa shape index (κ3) is 6.98. The molecular formula is C38H42N14O2. The number of hydrogen-bond donors (Lipinski definition) is 6. The van der Waals surface area contributed by atoms with Gasteiger partial charge in [0.1, 0.15) is 18.0 Å². The maximum Gasteiger partial charge on any atom is 0.247 e. The van der Waals surface area contributed by atoms with E-state index in [1.54, 1.807) is 4.52 Å². The highest BCUT2D eigenvalue weighted by Gasteiger charge is 2.38. The van der Waals surface area contributed by atoms with E-state index in [4.69, 9.17) is 0 Å². The number of fused-ring (bicyclic) bond motifs is 3. The highest BCUT2D eigenvalue weighted by atomic mass is 16.3. The lowest BCUT2D eigenvalue weighted by Crippen LogP contribution is -2.29. The average Bonchev–Trinajstić information content (AvgIpc) is 3.96. The first-order valence-electron chi connectivity index (χ1n) is 17.9. The van der Waals surface area contributed by atoms with Gasteiger partial charge < -0.3 is 31.3 Å². The Balaban J connectivity index is 0.000000155. The number of nitrogens with zero attached hydrogens (tertiary/aromatic N) is 9. The highest BCUT2D eigenvalue weighted by molar-refractivity contribution is 6.06. The Hall–Kier alpha value is -6.55. The first-order chi connectivity index (χ1) is 26.1. The summed E-state index contributed by atoms with van der Waals surface area (Å²) in [6.45, 7) is 3.85. The van der Waals surface area contributed by atoms with Gasteiger partial charge in [0.05, 0.1) is 11.5 Å². The molecule has 6 N–H and O–H groups in total. The molecule has 5 aromatic heterocycles. The quantitative estimate of drug-likeness (QED) is 0.112. The zero-order valence-corrected chi connectivity index (χ0v) is 30.4. The summed E-state index contributed by atoms with van der Waals surface area (Å²) in [5, 5.41) is 38.5. The molecule has 0 bridgehead atoms. The summed E-state index contributed by atoms with van der Waals surface area (Å²) in [6.07, 6.45) is 4.90. The zero-order valence-electron chi connectivity index (χ0n) is 30.4. The Morgan fingerprint density at radius 2 is 1.50 bits per heavy atom. The molecule has 16 nitrogen and oxygen atoms in total. The van der Waals surface area contributed by atoms with Crippen molar-refractivity contribution in [3.8, 4) is 11.4 Å². The molecule has 0 saturated heterocycles. The number of pyridine rings is 2. The second-order valence-electron chi connectivity index (χ2n) is 14.3. The van der Waals surface area contributed by atoms with Gasteiger partial charge in [-0.3, -0.25) is 9.89 Å². The summed E-state index contributed by atoms with van der Waals surface area (Å²) in [4.78, 5) is 27.3. The van der Waals surface area contributed by atoms with Crippen LogP contribution in [-0.4, -0.2) is 81.6 Å². The van der Waals surface area contributed by atoms with Gasteiger partial charge in [-0.15, -0.1) is 10.2 Å². The van der Waals surface area contributed by atoms with Gasteiger partial charge >= 0.3 is 0 Å². The van der Waals surface area contributed by atoms with E-state index in [0.29, 0.717) is 17.9 Å². The third-order valence-corrected chi connectivity index (χ3v) is 9.80. The topological polar surface area (TPSA) is 191 Å². The molecule has 0 unspecified atom stereocenters. The number of H-pyrrole nitrogens is 1. The number of rotatable bonds is 8. The van der Waals surface area contributed by atoms with Crippen LogP contribution in [0.5, 0.6) is 0 Å². The zero-order chi connectivity index (χ0) is 37.4. The van der Waals surface area contributed by atoms with Crippen molar-refractivity contribution in [2.75, 3.05) is 40.3 Å². The summed E-state index contributed by atoms with van der Waals surface area (Å²) in [5.74, 6) is 3.64. The number of aromatic amines is 1. The van der Waals surface area contributed by atoms with Crippen LogP contribution in [0.15, 0.2) is 85.2 Å². The van der Waals surface area contributed by atoms with Gasteiger partial charge in [-0.2, -0.15) is 24.1 Å². The normalized spacial score (nSPS) is 17.4. The molecule has 0 radical (unpaired) electrons. The second-order valence-corrected chi connectivity index (χ2v) is 14.3. The van der Waals surface area contributed by atoms with Crippen LogP contribution in [0.25, 0.3) is 22.7 Å². The van der Waals surface area contributed by atoms with Crippen molar-refractivity contribution < 1.29 is 9.90 Å². The maximum absolute atomic E-state index is 12.1. The van der Waals surface area contributed by atoms with Gasteiger partial charge in [0.2, 0.25) is 17.8 Å². The molecule has 2 aliphatic rings. The van der Waals surface area contributed by atoms with E-state index in [1.165, 1.54) is 6.33 Å². The van der Waals surface area contributed by atoms with Crippen LogP contribution in [0.1, 0.15) is 45.1 Å². The minimum Gasteiger partial charge on any atom is -0.393 e. The molecule has 2 aromatic carbocycles. The Bertz CT molecular complexity index is 2410. The van der Waals surface area contributed by atoms with Gasteiger partial charge in [-0.05, 0) is 106 Å². The van der Waals surface area contributed by atoms with Gasteiger partial charge in [0.25, 0.3) is 0 Å². The molecule has 6 heterocycles. The Kier molecular flexibility index (Phi) is 9.03. The number of benzene rings is 2. The Labute approximate surface area is 311 Å². The average molecular weight is 727 g/mol. The molecule has 16 heteroatoms. The summed E-state index contributed by atoms with van der Waals surface area (Å²) >= 11 is 0. The van der Waals surface area contributed by atoms with Crippen molar-refractivity contribution in [3.63, 3.8) is 0 Å². The molecule has 276 valence electrons. The fourth-order valence-electron chi connectivity index (χ4n) is 6.77. The molecule has 1 saturated carbocycles. The molecule has 1 fully saturated rings.